The number of carbonyl (C=O) groups is 2. The van der Waals surface area contributed by atoms with E-state index in [0.717, 1.165) is 0 Å². The molecule has 7 nitrogen and oxygen atoms in total. The number of terminal acetylenes is 1. The van der Waals surface area contributed by atoms with Gasteiger partial charge in [0, 0.05) is 31.1 Å². The van der Waals surface area contributed by atoms with Gasteiger partial charge in [-0.2, -0.15) is 0 Å². The van der Waals surface area contributed by atoms with Crippen molar-refractivity contribution in [1.29, 1.82) is 0 Å². The molecule has 0 bridgehead atoms. The zero-order valence-electron chi connectivity index (χ0n) is 16.6. The SMILES string of the molecule is C#Cc1cccc(NC(=O)CN(C)C(=O)CCCc2nc3ccccc3c(=O)[nH]2)c1. The van der Waals surface area contributed by atoms with Crippen LogP contribution in [-0.2, 0) is 16.0 Å². The molecule has 3 aromatic rings. The summed E-state index contributed by atoms with van der Waals surface area (Å²) in [6.07, 6.45) is 6.57. The molecule has 152 valence electrons. The Morgan fingerprint density at radius 3 is 2.80 bits per heavy atom. The van der Waals surface area contributed by atoms with Crippen molar-refractivity contribution in [2.75, 3.05) is 18.9 Å². The van der Waals surface area contributed by atoms with Crippen LogP contribution < -0.4 is 10.9 Å². The van der Waals surface area contributed by atoms with Crippen LogP contribution in [0.25, 0.3) is 10.9 Å². The number of rotatable bonds is 7. The van der Waals surface area contributed by atoms with E-state index in [9.17, 15) is 14.4 Å². The number of fused-ring (bicyclic) bond motifs is 1. The summed E-state index contributed by atoms with van der Waals surface area (Å²) in [7, 11) is 1.58. The molecule has 0 aliphatic heterocycles. The van der Waals surface area contributed by atoms with E-state index in [1.807, 2.05) is 6.07 Å². The van der Waals surface area contributed by atoms with Gasteiger partial charge < -0.3 is 15.2 Å². The summed E-state index contributed by atoms with van der Waals surface area (Å²) >= 11 is 0. The number of nitrogens with one attached hydrogen (secondary N) is 2. The molecule has 2 aromatic carbocycles. The molecule has 7 heteroatoms. The van der Waals surface area contributed by atoms with E-state index >= 15 is 0 Å². The summed E-state index contributed by atoms with van der Waals surface area (Å²) in [5, 5.41) is 3.27. The Bertz CT molecular complexity index is 1180. The van der Waals surface area contributed by atoms with Crippen LogP contribution in [0.15, 0.2) is 53.3 Å². The summed E-state index contributed by atoms with van der Waals surface area (Å²) in [6, 6.07) is 14.1. The average Bonchev–Trinajstić information content (AvgIpc) is 2.73. The van der Waals surface area contributed by atoms with Gasteiger partial charge in [0.1, 0.15) is 5.82 Å². The maximum absolute atomic E-state index is 12.3. The second kappa shape index (κ2) is 9.52. The molecule has 0 aliphatic carbocycles. The van der Waals surface area contributed by atoms with Gasteiger partial charge >= 0.3 is 0 Å². The minimum atomic E-state index is -0.305. The lowest BCUT2D eigenvalue weighted by atomic mass is 10.2. The molecule has 2 amide bonds. The number of aromatic nitrogens is 2. The van der Waals surface area contributed by atoms with Crippen LogP contribution in [0.3, 0.4) is 0 Å². The lowest BCUT2D eigenvalue weighted by molar-refractivity contribution is -0.133. The molecule has 0 saturated carbocycles. The summed E-state index contributed by atoms with van der Waals surface area (Å²) in [5.41, 5.74) is 1.69. The zero-order chi connectivity index (χ0) is 21.5. The van der Waals surface area contributed by atoms with Crippen molar-refractivity contribution < 1.29 is 9.59 Å². The number of likely N-dealkylation sites (N-methyl/N-ethyl adjacent to an activating group) is 1. The number of hydrogen-bond donors (Lipinski definition) is 2. The Hall–Kier alpha value is -3.92. The van der Waals surface area contributed by atoms with Gasteiger partial charge in [0.2, 0.25) is 11.8 Å². The van der Waals surface area contributed by atoms with Crippen molar-refractivity contribution in [2.45, 2.75) is 19.3 Å². The van der Waals surface area contributed by atoms with E-state index < -0.39 is 0 Å². The third kappa shape index (κ3) is 5.32. The van der Waals surface area contributed by atoms with Crippen LogP contribution in [0.5, 0.6) is 0 Å². The first-order valence-electron chi connectivity index (χ1n) is 9.54. The van der Waals surface area contributed by atoms with Crippen LogP contribution in [0.4, 0.5) is 5.69 Å². The van der Waals surface area contributed by atoms with Gasteiger partial charge in [0.15, 0.2) is 0 Å². The van der Waals surface area contributed by atoms with E-state index in [2.05, 4.69) is 21.2 Å². The van der Waals surface area contributed by atoms with E-state index in [1.165, 1.54) is 4.90 Å². The van der Waals surface area contributed by atoms with E-state index in [-0.39, 0.29) is 30.3 Å². The number of para-hydroxylation sites is 1. The van der Waals surface area contributed by atoms with E-state index in [1.54, 1.807) is 49.5 Å². The van der Waals surface area contributed by atoms with Gasteiger partial charge in [-0.3, -0.25) is 14.4 Å². The van der Waals surface area contributed by atoms with E-state index in [0.29, 0.717) is 40.8 Å². The van der Waals surface area contributed by atoms with Gasteiger partial charge in [-0.1, -0.05) is 24.1 Å². The Balaban J connectivity index is 1.49. The number of anilines is 1. The molecule has 0 spiro atoms. The van der Waals surface area contributed by atoms with Gasteiger partial charge in [-0.05, 0) is 36.8 Å². The fraction of sp³-hybridized carbons (Fsp3) is 0.217. The normalized spacial score (nSPS) is 10.4. The molecule has 0 radical (unpaired) electrons. The molecular formula is C23H22N4O3. The highest BCUT2D eigenvalue weighted by Crippen LogP contribution is 2.10. The van der Waals surface area contributed by atoms with Gasteiger partial charge in [0.25, 0.3) is 5.56 Å². The maximum atomic E-state index is 12.3. The van der Waals surface area contributed by atoms with Crippen LogP contribution >= 0.6 is 0 Å². The zero-order valence-corrected chi connectivity index (χ0v) is 16.6. The highest BCUT2D eigenvalue weighted by molar-refractivity contribution is 5.94. The number of H-pyrrole nitrogens is 1. The minimum absolute atomic E-state index is 0.0653. The molecule has 0 aliphatic rings. The van der Waals surface area contributed by atoms with Crippen LogP contribution in [0, 0.1) is 12.3 Å². The van der Waals surface area contributed by atoms with Crippen molar-refractivity contribution in [1.82, 2.24) is 14.9 Å². The highest BCUT2D eigenvalue weighted by atomic mass is 16.2. The first kappa shape index (κ1) is 20.8. The predicted molar refractivity (Wildman–Crippen MR) is 116 cm³/mol. The van der Waals surface area contributed by atoms with Crippen molar-refractivity contribution >= 4 is 28.4 Å². The summed E-state index contributed by atoms with van der Waals surface area (Å²) in [5.74, 6) is 2.58. The number of hydrogen-bond acceptors (Lipinski definition) is 4. The molecule has 30 heavy (non-hydrogen) atoms. The van der Waals surface area contributed by atoms with Crippen molar-refractivity contribution in [3.63, 3.8) is 0 Å². The number of carbonyl (C=O) groups excluding carboxylic acids is 2. The predicted octanol–water partition coefficient (Wildman–Crippen LogP) is 2.32. The van der Waals surface area contributed by atoms with Gasteiger partial charge in [-0.15, -0.1) is 6.42 Å². The van der Waals surface area contributed by atoms with Crippen molar-refractivity contribution in [3.8, 4) is 12.3 Å². The quantitative estimate of drug-likeness (QED) is 0.593. The number of nitrogens with zero attached hydrogens (tertiary/aromatic N) is 2. The summed E-state index contributed by atoms with van der Waals surface area (Å²) < 4.78 is 0. The lowest BCUT2D eigenvalue weighted by Gasteiger charge is -2.17. The third-order valence-electron chi connectivity index (χ3n) is 4.59. The molecule has 0 unspecified atom stereocenters. The second-order valence-electron chi connectivity index (χ2n) is 6.91. The standard InChI is InChI=1S/C23H22N4O3/c1-3-16-8-6-9-17(14-16)24-21(28)15-27(2)22(29)13-7-12-20-25-19-11-5-4-10-18(19)23(30)26-20/h1,4-6,8-11,14H,7,12-13,15H2,2H3,(H,24,28)(H,25,26,30). The highest BCUT2D eigenvalue weighted by Gasteiger charge is 2.13. The summed E-state index contributed by atoms with van der Waals surface area (Å²) in [6.45, 7) is -0.0653. The topological polar surface area (TPSA) is 95.2 Å². The number of benzene rings is 2. The largest absolute Gasteiger partial charge is 0.336 e. The molecule has 1 heterocycles. The molecule has 0 fully saturated rings. The molecule has 2 N–H and O–H groups in total. The van der Waals surface area contributed by atoms with Crippen molar-refractivity contribution in [2.24, 2.45) is 0 Å². The van der Waals surface area contributed by atoms with Gasteiger partial charge in [-0.25, -0.2) is 4.98 Å². The smallest absolute Gasteiger partial charge is 0.258 e. The minimum Gasteiger partial charge on any atom is -0.336 e. The fourth-order valence-corrected chi connectivity index (χ4v) is 3.04. The Morgan fingerprint density at radius 2 is 2.00 bits per heavy atom. The molecule has 0 atom stereocenters. The molecule has 3 rings (SSSR count). The lowest BCUT2D eigenvalue weighted by Crippen LogP contribution is -2.34. The number of aromatic amines is 1. The number of amides is 2. The first-order chi connectivity index (χ1) is 14.5. The Kier molecular flexibility index (Phi) is 6.60. The third-order valence-corrected chi connectivity index (χ3v) is 4.59. The average molecular weight is 402 g/mol. The van der Waals surface area contributed by atoms with Crippen molar-refractivity contribution in [3.05, 3.63) is 70.3 Å². The molecule has 1 aromatic heterocycles. The molecule has 0 saturated heterocycles. The Morgan fingerprint density at radius 1 is 1.20 bits per heavy atom. The van der Waals surface area contributed by atoms with Crippen LogP contribution in [0.1, 0.15) is 24.2 Å². The van der Waals surface area contributed by atoms with Crippen LogP contribution in [0.2, 0.25) is 0 Å². The molecular weight excluding hydrogens is 380 g/mol. The fourth-order valence-electron chi connectivity index (χ4n) is 3.04. The number of aryl methyl sites for hydroxylation is 1. The Labute approximate surface area is 174 Å². The second-order valence-corrected chi connectivity index (χ2v) is 6.91. The van der Waals surface area contributed by atoms with Crippen LogP contribution in [-0.4, -0.2) is 40.3 Å². The van der Waals surface area contributed by atoms with E-state index in [4.69, 9.17) is 6.42 Å². The first-order valence-corrected chi connectivity index (χ1v) is 9.54. The van der Waals surface area contributed by atoms with Gasteiger partial charge in [0.05, 0.1) is 17.4 Å². The monoisotopic (exact) mass is 402 g/mol. The summed E-state index contributed by atoms with van der Waals surface area (Å²) in [4.78, 5) is 45.1. The maximum Gasteiger partial charge on any atom is 0.258 e.